The van der Waals surface area contributed by atoms with Crippen LogP contribution in [-0.4, -0.2) is 57.5 Å². The van der Waals surface area contributed by atoms with Gasteiger partial charge in [0.2, 0.25) is 5.91 Å². The number of carboxylic acid groups (broad SMARTS) is 1. The van der Waals surface area contributed by atoms with E-state index in [9.17, 15) is 41.8 Å². The van der Waals surface area contributed by atoms with Gasteiger partial charge in [-0.3, -0.25) is 19.2 Å². The molecule has 3 N–H and O–H groups in total. The molecule has 0 radical (unpaired) electrons. The van der Waals surface area contributed by atoms with Gasteiger partial charge in [0.1, 0.15) is 28.9 Å². The van der Waals surface area contributed by atoms with Crippen LogP contribution in [0.4, 0.5) is 22.0 Å². The van der Waals surface area contributed by atoms with Crippen molar-refractivity contribution in [3.63, 3.8) is 0 Å². The summed E-state index contributed by atoms with van der Waals surface area (Å²) < 4.78 is 72.8. The van der Waals surface area contributed by atoms with Crippen molar-refractivity contribution >= 4 is 17.8 Å². The number of fused-ring (bicyclic) bond motifs is 3. The highest BCUT2D eigenvalue weighted by molar-refractivity contribution is 5.97. The van der Waals surface area contributed by atoms with Crippen LogP contribution in [0.15, 0.2) is 41.2 Å². The van der Waals surface area contributed by atoms with Gasteiger partial charge in [-0.1, -0.05) is 13.8 Å². The van der Waals surface area contributed by atoms with Gasteiger partial charge in [0.05, 0.1) is 12.5 Å². The first-order valence-electron chi connectivity index (χ1n) is 18.8. The van der Waals surface area contributed by atoms with E-state index in [-0.39, 0.29) is 36.4 Å². The van der Waals surface area contributed by atoms with Crippen LogP contribution in [0.2, 0.25) is 0 Å². The van der Waals surface area contributed by atoms with Crippen LogP contribution in [0.5, 0.6) is 0 Å². The Balaban J connectivity index is 1.40. The van der Waals surface area contributed by atoms with Crippen molar-refractivity contribution in [3.05, 3.63) is 91.9 Å². The number of aryl methyl sites for hydroxylation is 3. The van der Waals surface area contributed by atoms with E-state index in [1.165, 1.54) is 25.1 Å². The maximum absolute atomic E-state index is 15.8. The number of nitrogens with zero attached hydrogens (tertiary/aromatic N) is 2. The number of hydrogen-bond acceptors (Lipinski definition) is 5. The average molecular weight is 773 g/mol. The number of pyridine rings is 1. The number of aliphatic carboxylic acids is 1. The maximum atomic E-state index is 15.8. The minimum atomic E-state index is -4.86. The molecule has 55 heavy (non-hydrogen) atoms. The second kappa shape index (κ2) is 17.1. The van der Waals surface area contributed by atoms with Crippen molar-refractivity contribution in [1.82, 2.24) is 20.1 Å². The van der Waals surface area contributed by atoms with Crippen LogP contribution in [0.1, 0.15) is 103 Å². The molecule has 0 spiro atoms. The van der Waals surface area contributed by atoms with Crippen molar-refractivity contribution in [3.8, 4) is 11.1 Å². The van der Waals surface area contributed by atoms with Crippen LogP contribution in [-0.2, 0) is 22.3 Å². The molecule has 2 bridgehead atoms. The molecule has 2 amide bonds. The number of halogens is 5. The first-order chi connectivity index (χ1) is 25.8. The molecule has 3 fully saturated rings. The fourth-order valence-corrected chi connectivity index (χ4v) is 8.29. The van der Waals surface area contributed by atoms with Crippen molar-refractivity contribution in [2.75, 3.05) is 13.1 Å². The Morgan fingerprint density at radius 3 is 2.13 bits per heavy atom. The molecular formula is C41H49F5N4O5. The number of piperidine rings is 2. The third-order valence-corrected chi connectivity index (χ3v) is 10.8. The highest BCUT2D eigenvalue weighted by Gasteiger charge is 2.37. The molecule has 2 atom stereocenters. The molecule has 0 unspecified atom stereocenters. The smallest absolute Gasteiger partial charge is 0.431 e. The van der Waals surface area contributed by atoms with Crippen LogP contribution in [0.3, 0.4) is 0 Å². The van der Waals surface area contributed by atoms with Crippen molar-refractivity contribution in [2.24, 2.45) is 11.8 Å². The quantitative estimate of drug-likeness (QED) is 0.146. The Labute approximate surface area is 317 Å². The lowest BCUT2D eigenvalue weighted by atomic mass is 9.80. The van der Waals surface area contributed by atoms with E-state index in [1.807, 2.05) is 0 Å². The monoisotopic (exact) mass is 772 g/mol. The van der Waals surface area contributed by atoms with E-state index >= 15 is 4.39 Å². The summed E-state index contributed by atoms with van der Waals surface area (Å²) in [6, 6.07) is 4.65. The molecule has 14 heteroatoms. The summed E-state index contributed by atoms with van der Waals surface area (Å²) in [5.41, 5.74) is -0.727. The standard InChI is InChI=1S/C41H49F5N4O5/c1-22(2)15-33(39(54)47-32(20-35(51)52)31-19-27(16-25(5)37(31)43)36-23(3)17-28(42)18-24(36)4)48-38(53)30-11-12-34(41(44,45)46)50(40(30)55)14-6-13-49-21-26-7-9-29(49)10-8-26/h11-12,16-19,22,26,29,32-33H,6-10,13-15,20-21H2,1-5H3,(H,47,54)(H,48,53)(H,51,52)/t26?,29?,32-,33-/m0/s1. The average Bonchev–Trinajstić information content (AvgIpc) is 3.09. The van der Waals surface area contributed by atoms with Crippen LogP contribution in [0.25, 0.3) is 11.1 Å². The zero-order valence-electron chi connectivity index (χ0n) is 31.8. The molecule has 3 aromatic rings. The zero-order chi connectivity index (χ0) is 40.4. The number of benzene rings is 2. The summed E-state index contributed by atoms with van der Waals surface area (Å²) in [6.07, 6.45) is -0.953. The molecular weight excluding hydrogens is 723 g/mol. The summed E-state index contributed by atoms with van der Waals surface area (Å²) >= 11 is 0. The van der Waals surface area contributed by atoms with Crippen molar-refractivity contribution < 1.29 is 41.4 Å². The highest BCUT2D eigenvalue weighted by Crippen LogP contribution is 2.36. The lowest BCUT2D eigenvalue weighted by Crippen LogP contribution is -2.50. The van der Waals surface area contributed by atoms with Gasteiger partial charge in [-0.25, -0.2) is 8.78 Å². The van der Waals surface area contributed by atoms with Gasteiger partial charge in [-0.2, -0.15) is 13.2 Å². The number of amides is 2. The first kappa shape index (κ1) is 41.6. The highest BCUT2D eigenvalue weighted by atomic mass is 19.4. The topological polar surface area (TPSA) is 121 Å². The lowest BCUT2D eigenvalue weighted by Gasteiger charge is -2.45. The Hall–Kier alpha value is -4.59. The van der Waals surface area contributed by atoms with Crippen LogP contribution < -0.4 is 16.2 Å². The second-order valence-electron chi connectivity index (χ2n) is 15.5. The SMILES string of the molecule is Cc1cc(-c2c(C)cc(F)cc2C)cc([C@H](CC(=O)O)NC(=O)[C@H](CC(C)C)NC(=O)c2ccc(C(F)(F)F)n(CCCN3CC4CCC3CC4)c2=O)c1F. The minimum Gasteiger partial charge on any atom is -0.481 e. The number of rotatable bonds is 14. The van der Waals surface area contributed by atoms with E-state index < -0.39 is 70.9 Å². The second-order valence-corrected chi connectivity index (χ2v) is 15.5. The van der Waals surface area contributed by atoms with E-state index in [4.69, 9.17) is 0 Å². The van der Waals surface area contributed by atoms with Gasteiger partial charge in [0.25, 0.3) is 11.5 Å². The number of nitrogens with one attached hydrogen (secondary N) is 2. The number of carbonyl (C=O) groups is 3. The van der Waals surface area contributed by atoms with Gasteiger partial charge >= 0.3 is 12.1 Å². The first-order valence-corrected chi connectivity index (χ1v) is 18.8. The molecule has 1 aliphatic carbocycles. The predicted molar refractivity (Wildman–Crippen MR) is 197 cm³/mol. The molecule has 9 nitrogen and oxygen atoms in total. The Morgan fingerprint density at radius 1 is 0.909 bits per heavy atom. The van der Waals surface area contributed by atoms with Gasteiger partial charge in [-0.15, -0.1) is 0 Å². The number of alkyl halides is 3. The lowest BCUT2D eigenvalue weighted by molar-refractivity contribution is -0.144. The van der Waals surface area contributed by atoms with Gasteiger partial charge < -0.3 is 25.2 Å². The van der Waals surface area contributed by atoms with E-state index in [0.29, 0.717) is 51.4 Å². The summed E-state index contributed by atoms with van der Waals surface area (Å²) in [5.74, 6) is -4.20. The van der Waals surface area contributed by atoms with Gasteiger partial charge in [0.15, 0.2) is 0 Å². The van der Waals surface area contributed by atoms with Crippen LogP contribution in [0, 0.1) is 44.2 Å². The molecule has 1 aromatic heterocycles. The Bertz CT molecular complexity index is 1960. The van der Waals surface area contributed by atoms with E-state index in [1.54, 1.807) is 33.8 Å². The molecule has 6 rings (SSSR count). The molecule has 298 valence electrons. The minimum absolute atomic E-state index is 0.000294. The van der Waals surface area contributed by atoms with E-state index in [0.717, 1.165) is 38.3 Å². The maximum Gasteiger partial charge on any atom is 0.431 e. The number of aromatic nitrogens is 1. The van der Waals surface area contributed by atoms with Gasteiger partial charge in [-0.05, 0) is 135 Å². The normalized spacial score (nSPS) is 18.3. The number of carbonyl (C=O) groups excluding carboxylic acids is 2. The summed E-state index contributed by atoms with van der Waals surface area (Å²) in [4.78, 5) is 55.4. The number of hydrogen-bond donors (Lipinski definition) is 3. The third-order valence-electron chi connectivity index (χ3n) is 10.8. The molecule has 3 heterocycles. The predicted octanol–water partition coefficient (Wildman–Crippen LogP) is 7.48. The summed E-state index contributed by atoms with van der Waals surface area (Å²) in [6.45, 7) is 9.48. The summed E-state index contributed by atoms with van der Waals surface area (Å²) in [5, 5.41) is 14.8. The van der Waals surface area contributed by atoms with Crippen LogP contribution >= 0.6 is 0 Å². The zero-order valence-corrected chi connectivity index (χ0v) is 31.8. The Morgan fingerprint density at radius 2 is 1.56 bits per heavy atom. The molecule has 2 aromatic carbocycles. The van der Waals surface area contributed by atoms with Crippen molar-refractivity contribution in [1.29, 1.82) is 0 Å². The number of carboxylic acids is 1. The largest absolute Gasteiger partial charge is 0.481 e. The molecule has 2 aliphatic heterocycles. The fourth-order valence-electron chi connectivity index (χ4n) is 8.29. The fraction of sp³-hybridized carbons (Fsp3) is 0.512. The molecule has 1 saturated carbocycles. The summed E-state index contributed by atoms with van der Waals surface area (Å²) in [7, 11) is 0. The molecule has 2 saturated heterocycles. The van der Waals surface area contributed by atoms with Crippen molar-refractivity contribution in [2.45, 2.75) is 110 Å². The molecule has 3 aliphatic rings. The Kier molecular flexibility index (Phi) is 12.9. The van der Waals surface area contributed by atoms with E-state index in [2.05, 4.69) is 15.5 Å². The third kappa shape index (κ3) is 9.81. The van der Waals surface area contributed by atoms with Gasteiger partial charge in [0, 0.05) is 31.2 Å².